The van der Waals surface area contributed by atoms with E-state index < -0.39 is 0 Å². The molecule has 2 amide bonds. The highest BCUT2D eigenvalue weighted by molar-refractivity contribution is 5.73. The van der Waals surface area contributed by atoms with Gasteiger partial charge in [0, 0.05) is 26.2 Å². The van der Waals surface area contributed by atoms with Crippen LogP contribution in [0, 0.1) is 11.3 Å². The molecule has 1 aliphatic rings. The van der Waals surface area contributed by atoms with E-state index in [2.05, 4.69) is 21.6 Å². The molecule has 2 N–H and O–H groups in total. The zero-order valence-corrected chi connectivity index (χ0v) is 8.42. The van der Waals surface area contributed by atoms with Gasteiger partial charge in [0.2, 0.25) is 0 Å². The Morgan fingerprint density at radius 2 is 2.21 bits per heavy atom. The lowest BCUT2D eigenvalue weighted by Gasteiger charge is -2.30. The molecule has 0 aromatic carbocycles. The molecule has 1 fully saturated rings. The quantitative estimate of drug-likeness (QED) is 0.606. The van der Waals surface area contributed by atoms with Gasteiger partial charge in [-0.25, -0.2) is 4.79 Å². The minimum absolute atomic E-state index is 0.122. The Kier molecular flexibility index (Phi) is 4.20. The first kappa shape index (κ1) is 10.8. The summed E-state index contributed by atoms with van der Waals surface area (Å²) in [6.45, 7) is 2.27. The third-order valence-corrected chi connectivity index (χ3v) is 2.44. The third-order valence-electron chi connectivity index (χ3n) is 2.44. The monoisotopic (exact) mass is 196 g/mol. The van der Waals surface area contributed by atoms with Crippen molar-refractivity contribution >= 4 is 6.03 Å². The van der Waals surface area contributed by atoms with Gasteiger partial charge in [-0.05, 0) is 12.8 Å². The van der Waals surface area contributed by atoms with Crippen molar-refractivity contribution in [2.75, 3.05) is 26.7 Å². The number of hydrogen-bond acceptors (Lipinski definition) is 3. The van der Waals surface area contributed by atoms with Crippen molar-refractivity contribution in [1.82, 2.24) is 15.5 Å². The number of likely N-dealkylation sites (tertiary alicyclic amines) is 1. The smallest absolute Gasteiger partial charge is 0.314 e. The number of amides is 2. The van der Waals surface area contributed by atoms with Gasteiger partial charge >= 0.3 is 6.03 Å². The van der Waals surface area contributed by atoms with Crippen molar-refractivity contribution in [2.45, 2.75) is 18.9 Å². The Bertz CT molecular complexity index is 227. The largest absolute Gasteiger partial charge is 0.341 e. The second-order valence-corrected chi connectivity index (χ2v) is 3.43. The summed E-state index contributed by atoms with van der Waals surface area (Å²) in [6, 6.07) is 2.26. The lowest BCUT2D eigenvalue weighted by Crippen LogP contribution is -2.47. The Balaban J connectivity index is 2.22. The maximum Gasteiger partial charge on any atom is 0.314 e. The zero-order valence-electron chi connectivity index (χ0n) is 8.42. The van der Waals surface area contributed by atoms with Gasteiger partial charge in [0.05, 0.1) is 12.6 Å². The molecule has 1 saturated heterocycles. The van der Waals surface area contributed by atoms with E-state index in [4.69, 9.17) is 5.26 Å². The molecule has 0 aliphatic carbocycles. The van der Waals surface area contributed by atoms with E-state index in [1.165, 1.54) is 0 Å². The van der Waals surface area contributed by atoms with Gasteiger partial charge in [-0.2, -0.15) is 5.26 Å². The van der Waals surface area contributed by atoms with E-state index in [9.17, 15) is 4.79 Å². The zero-order chi connectivity index (χ0) is 10.4. The summed E-state index contributed by atoms with van der Waals surface area (Å²) in [5, 5.41) is 13.9. The molecule has 14 heavy (non-hydrogen) atoms. The van der Waals surface area contributed by atoms with Crippen LogP contribution in [0.1, 0.15) is 12.8 Å². The highest BCUT2D eigenvalue weighted by atomic mass is 16.2. The van der Waals surface area contributed by atoms with Gasteiger partial charge in [-0.3, -0.25) is 4.90 Å². The van der Waals surface area contributed by atoms with Crippen molar-refractivity contribution in [3.05, 3.63) is 0 Å². The van der Waals surface area contributed by atoms with Gasteiger partial charge in [-0.1, -0.05) is 0 Å². The van der Waals surface area contributed by atoms with E-state index in [0.29, 0.717) is 6.54 Å². The van der Waals surface area contributed by atoms with E-state index in [-0.39, 0.29) is 12.1 Å². The summed E-state index contributed by atoms with van der Waals surface area (Å²) in [5.74, 6) is 0. The summed E-state index contributed by atoms with van der Waals surface area (Å²) in [6.07, 6.45) is 1.85. The Labute approximate surface area is 84.1 Å². The van der Waals surface area contributed by atoms with Crippen molar-refractivity contribution in [2.24, 2.45) is 0 Å². The summed E-state index contributed by atoms with van der Waals surface area (Å²) in [5.41, 5.74) is 0. The molecule has 0 bridgehead atoms. The normalized spacial score (nSPS) is 18.6. The molecule has 1 aliphatic heterocycles. The van der Waals surface area contributed by atoms with Crippen LogP contribution in [0.4, 0.5) is 4.79 Å². The molecule has 78 valence electrons. The predicted octanol–water partition coefficient (Wildman–Crippen LogP) is -0.0966. The van der Waals surface area contributed by atoms with Gasteiger partial charge in [-0.15, -0.1) is 0 Å². The first-order chi connectivity index (χ1) is 6.76. The van der Waals surface area contributed by atoms with E-state index in [1.807, 2.05) is 0 Å². The summed E-state index contributed by atoms with van der Waals surface area (Å²) in [4.78, 5) is 13.1. The SMILES string of the molecule is CNC(=O)NC1CCN(CC#N)CC1. The number of nitrogens with one attached hydrogen (secondary N) is 2. The van der Waals surface area contributed by atoms with E-state index in [1.54, 1.807) is 7.05 Å². The second-order valence-electron chi connectivity index (χ2n) is 3.43. The molecule has 1 rings (SSSR count). The van der Waals surface area contributed by atoms with Gasteiger partial charge in [0.15, 0.2) is 0 Å². The average molecular weight is 196 g/mol. The topological polar surface area (TPSA) is 68.2 Å². The Morgan fingerprint density at radius 3 is 2.71 bits per heavy atom. The van der Waals surface area contributed by atoms with Crippen molar-refractivity contribution in [3.63, 3.8) is 0 Å². The van der Waals surface area contributed by atoms with Crippen LogP contribution in [0.3, 0.4) is 0 Å². The number of hydrogen-bond donors (Lipinski definition) is 2. The number of urea groups is 1. The summed E-state index contributed by atoms with van der Waals surface area (Å²) < 4.78 is 0. The molecule has 5 nitrogen and oxygen atoms in total. The minimum Gasteiger partial charge on any atom is -0.341 e. The molecule has 0 radical (unpaired) electrons. The number of carbonyl (C=O) groups is 1. The van der Waals surface area contributed by atoms with Crippen LogP contribution in [0.5, 0.6) is 0 Å². The van der Waals surface area contributed by atoms with Crippen LogP contribution in [-0.4, -0.2) is 43.7 Å². The van der Waals surface area contributed by atoms with E-state index in [0.717, 1.165) is 25.9 Å². The van der Waals surface area contributed by atoms with Crippen molar-refractivity contribution in [3.8, 4) is 6.07 Å². The fraction of sp³-hybridized carbons (Fsp3) is 0.778. The van der Waals surface area contributed by atoms with Crippen LogP contribution in [0.2, 0.25) is 0 Å². The van der Waals surface area contributed by atoms with Gasteiger partial charge < -0.3 is 10.6 Å². The standard InChI is InChI=1S/C9H16N4O/c1-11-9(14)12-8-2-5-13(6-3-8)7-4-10/h8H,2-3,5-7H2,1H3,(H2,11,12,14). The minimum atomic E-state index is -0.122. The molecular formula is C9H16N4O. The summed E-state index contributed by atoms with van der Waals surface area (Å²) >= 11 is 0. The number of piperidine rings is 1. The molecule has 0 atom stereocenters. The van der Waals surface area contributed by atoms with Crippen LogP contribution >= 0.6 is 0 Å². The lowest BCUT2D eigenvalue weighted by atomic mass is 10.1. The molecule has 0 saturated carbocycles. The first-order valence-corrected chi connectivity index (χ1v) is 4.84. The Hall–Kier alpha value is -1.28. The number of carbonyl (C=O) groups excluding carboxylic acids is 1. The number of nitriles is 1. The van der Waals surface area contributed by atoms with Crippen LogP contribution in [0.15, 0.2) is 0 Å². The highest BCUT2D eigenvalue weighted by Gasteiger charge is 2.19. The molecular weight excluding hydrogens is 180 g/mol. The van der Waals surface area contributed by atoms with Crippen molar-refractivity contribution < 1.29 is 4.79 Å². The number of rotatable bonds is 2. The molecule has 0 aromatic heterocycles. The van der Waals surface area contributed by atoms with Gasteiger partial charge in [0.25, 0.3) is 0 Å². The fourth-order valence-electron chi connectivity index (χ4n) is 1.59. The molecule has 1 heterocycles. The van der Waals surface area contributed by atoms with Crippen LogP contribution in [0.25, 0.3) is 0 Å². The molecule has 0 aromatic rings. The lowest BCUT2D eigenvalue weighted by molar-refractivity contribution is 0.206. The highest BCUT2D eigenvalue weighted by Crippen LogP contribution is 2.09. The van der Waals surface area contributed by atoms with Crippen molar-refractivity contribution in [1.29, 1.82) is 5.26 Å². The maximum atomic E-state index is 11.0. The number of nitrogens with zero attached hydrogens (tertiary/aromatic N) is 2. The molecule has 0 unspecified atom stereocenters. The first-order valence-electron chi connectivity index (χ1n) is 4.84. The Morgan fingerprint density at radius 1 is 1.57 bits per heavy atom. The second kappa shape index (κ2) is 5.45. The average Bonchev–Trinajstić information content (AvgIpc) is 2.21. The molecule has 5 heteroatoms. The molecule has 0 spiro atoms. The summed E-state index contributed by atoms with van der Waals surface area (Å²) in [7, 11) is 1.61. The van der Waals surface area contributed by atoms with Crippen LogP contribution in [-0.2, 0) is 0 Å². The maximum absolute atomic E-state index is 11.0. The van der Waals surface area contributed by atoms with Crippen LogP contribution < -0.4 is 10.6 Å². The van der Waals surface area contributed by atoms with Gasteiger partial charge in [0.1, 0.15) is 0 Å². The third kappa shape index (κ3) is 3.23. The fourth-order valence-corrected chi connectivity index (χ4v) is 1.59. The predicted molar refractivity (Wildman–Crippen MR) is 52.7 cm³/mol. The van der Waals surface area contributed by atoms with E-state index >= 15 is 0 Å².